The number of hydrogen-bond acceptors (Lipinski definition) is 6. The second-order valence-electron chi connectivity index (χ2n) is 7.23. The molecule has 3 heterocycles. The number of fused-ring (bicyclic) bond motifs is 1. The van der Waals surface area contributed by atoms with Gasteiger partial charge in [0.25, 0.3) is 0 Å². The second kappa shape index (κ2) is 7.58. The number of aryl methyl sites for hydroxylation is 1. The van der Waals surface area contributed by atoms with Crippen LogP contribution in [0.5, 0.6) is 5.88 Å². The predicted octanol–water partition coefficient (Wildman–Crippen LogP) is 3.41. The summed E-state index contributed by atoms with van der Waals surface area (Å²) in [6, 6.07) is 4.84. The maximum absolute atomic E-state index is 13.0. The highest BCUT2D eigenvalue weighted by molar-refractivity contribution is 7.17. The summed E-state index contributed by atoms with van der Waals surface area (Å²) in [5.74, 6) is 0.643. The molecule has 1 N–H and O–H groups in total. The number of rotatable bonds is 4. The van der Waals surface area contributed by atoms with Gasteiger partial charge in [0, 0.05) is 32.6 Å². The largest absolute Gasteiger partial charge is 0.492 e. The van der Waals surface area contributed by atoms with Crippen LogP contribution in [0, 0.1) is 0 Å². The molecule has 1 aliphatic rings. The van der Waals surface area contributed by atoms with E-state index in [4.69, 9.17) is 0 Å². The molecule has 0 unspecified atom stereocenters. The van der Waals surface area contributed by atoms with Gasteiger partial charge in [-0.05, 0) is 24.7 Å². The molecule has 10 heteroatoms. The first-order valence-corrected chi connectivity index (χ1v) is 10.3. The monoisotopic (exact) mass is 425 g/mol. The molecule has 1 atom stereocenters. The van der Waals surface area contributed by atoms with Crippen molar-refractivity contribution in [2.45, 2.75) is 25.6 Å². The minimum Gasteiger partial charge on any atom is -0.492 e. The summed E-state index contributed by atoms with van der Waals surface area (Å²) in [4.78, 5) is 10.0. The quantitative estimate of drug-likeness (QED) is 0.694. The molecule has 0 amide bonds. The molecule has 2 aromatic heterocycles. The fourth-order valence-electron chi connectivity index (χ4n) is 3.58. The number of halogens is 3. The lowest BCUT2D eigenvalue weighted by molar-refractivity contribution is -0.137. The number of benzene rings is 1. The van der Waals surface area contributed by atoms with Crippen LogP contribution >= 0.6 is 11.3 Å². The van der Waals surface area contributed by atoms with Gasteiger partial charge in [0.05, 0.1) is 16.5 Å². The Morgan fingerprint density at radius 3 is 2.34 bits per heavy atom. The Balaban J connectivity index is 1.76. The molecule has 0 saturated carbocycles. The van der Waals surface area contributed by atoms with Crippen molar-refractivity contribution < 1.29 is 18.3 Å². The van der Waals surface area contributed by atoms with Crippen LogP contribution < -0.4 is 0 Å². The summed E-state index contributed by atoms with van der Waals surface area (Å²) in [5, 5.41) is 15.2. The zero-order chi connectivity index (χ0) is 20.8. The van der Waals surface area contributed by atoms with E-state index in [1.165, 1.54) is 28.0 Å². The molecule has 0 bridgehead atoms. The van der Waals surface area contributed by atoms with E-state index in [9.17, 15) is 18.3 Å². The third kappa shape index (κ3) is 3.84. The molecule has 156 valence electrons. The van der Waals surface area contributed by atoms with Crippen LogP contribution in [-0.2, 0) is 12.6 Å². The summed E-state index contributed by atoms with van der Waals surface area (Å²) < 4.78 is 40.4. The number of alkyl halides is 3. The lowest BCUT2D eigenvalue weighted by Gasteiger charge is -2.37. The van der Waals surface area contributed by atoms with Crippen LogP contribution in [0.3, 0.4) is 0 Å². The van der Waals surface area contributed by atoms with Crippen molar-refractivity contribution >= 4 is 16.3 Å². The molecular formula is C19H22F3N5OS. The Labute approximate surface area is 170 Å². The van der Waals surface area contributed by atoms with Crippen LogP contribution in [0.15, 0.2) is 24.3 Å². The second-order valence-corrected chi connectivity index (χ2v) is 8.24. The molecule has 4 rings (SSSR count). The van der Waals surface area contributed by atoms with Crippen molar-refractivity contribution in [2.75, 3.05) is 33.2 Å². The standard InChI is InChI=1S/C19H22F3N5OS/c1-3-14-23-18-27(24-14)17(28)16(29-18)15(26-10-8-25(2)9-11-26)12-4-6-13(7-5-12)19(20,21)22/h4-7,15,28H,3,8-11H2,1-2H3/t15-/m0/s1. The van der Waals surface area contributed by atoms with Gasteiger partial charge in [0.2, 0.25) is 10.8 Å². The highest BCUT2D eigenvalue weighted by Gasteiger charge is 2.33. The lowest BCUT2D eigenvalue weighted by Crippen LogP contribution is -2.46. The minimum absolute atomic E-state index is 0.000950. The number of piperazine rings is 1. The Kier molecular flexibility index (Phi) is 5.26. The highest BCUT2D eigenvalue weighted by Crippen LogP contribution is 2.41. The third-order valence-corrected chi connectivity index (χ3v) is 6.34. The SMILES string of the molecule is CCc1nc2sc([C@H](c3ccc(C(F)(F)F)cc3)N3CCN(C)CC3)c(O)n2n1. The highest BCUT2D eigenvalue weighted by atomic mass is 32.1. The molecule has 1 aromatic carbocycles. The smallest absolute Gasteiger partial charge is 0.416 e. The first-order valence-electron chi connectivity index (χ1n) is 9.45. The van der Waals surface area contributed by atoms with Crippen LogP contribution in [0.1, 0.15) is 34.8 Å². The molecule has 29 heavy (non-hydrogen) atoms. The summed E-state index contributed by atoms with van der Waals surface area (Å²) >= 11 is 1.33. The van der Waals surface area contributed by atoms with E-state index in [1.54, 1.807) is 0 Å². The molecule has 1 aliphatic heterocycles. The Morgan fingerprint density at radius 2 is 1.79 bits per heavy atom. The van der Waals surface area contributed by atoms with Crippen LogP contribution in [0.4, 0.5) is 13.2 Å². The van der Waals surface area contributed by atoms with Crippen molar-refractivity contribution in [3.8, 4) is 5.88 Å². The minimum atomic E-state index is -4.38. The summed E-state index contributed by atoms with van der Waals surface area (Å²) in [6.07, 6.45) is -3.72. The van der Waals surface area contributed by atoms with Gasteiger partial charge in [0.15, 0.2) is 5.82 Å². The van der Waals surface area contributed by atoms with E-state index in [-0.39, 0.29) is 11.9 Å². The van der Waals surface area contributed by atoms with Crippen molar-refractivity contribution in [2.24, 2.45) is 0 Å². The van der Waals surface area contributed by atoms with Gasteiger partial charge in [-0.1, -0.05) is 30.4 Å². The number of thiazole rings is 1. The Morgan fingerprint density at radius 1 is 1.14 bits per heavy atom. The average molecular weight is 425 g/mol. The Hall–Kier alpha value is -2.17. The third-order valence-electron chi connectivity index (χ3n) is 5.26. The zero-order valence-electron chi connectivity index (χ0n) is 16.1. The number of aromatic hydroxyl groups is 1. The molecule has 0 radical (unpaired) electrons. The number of nitrogens with zero attached hydrogens (tertiary/aromatic N) is 5. The van der Waals surface area contributed by atoms with Gasteiger partial charge in [-0.15, -0.1) is 5.10 Å². The number of likely N-dealkylation sites (N-methyl/N-ethyl adjacent to an activating group) is 1. The maximum atomic E-state index is 13.0. The van der Waals surface area contributed by atoms with Crippen molar-refractivity contribution in [3.05, 3.63) is 46.1 Å². The van der Waals surface area contributed by atoms with E-state index in [2.05, 4.69) is 19.9 Å². The average Bonchev–Trinajstić information content (AvgIpc) is 3.23. The summed E-state index contributed by atoms with van der Waals surface area (Å²) in [7, 11) is 2.04. The van der Waals surface area contributed by atoms with Gasteiger partial charge in [0.1, 0.15) is 0 Å². The zero-order valence-corrected chi connectivity index (χ0v) is 17.0. The first-order chi connectivity index (χ1) is 13.8. The number of aromatic nitrogens is 3. The van der Waals surface area contributed by atoms with Crippen molar-refractivity contribution in [1.29, 1.82) is 0 Å². The van der Waals surface area contributed by atoms with E-state index < -0.39 is 11.7 Å². The lowest BCUT2D eigenvalue weighted by atomic mass is 10.0. The fourth-order valence-corrected chi connectivity index (χ4v) is 4.72. The predicted molar refractivity (Wildman–Crippen MR) is 104 cm³/mol. The van der Waals surface area contributed by atoms with Gasteiger partial charge >= 0.3 is 6.18 Å². The normalized spacial score (nSPS) is 17.8. The molecule has 6 nitrogen and oxygen atoms in total. The van der Waals surface area contributed by atoms with Crippen molar-refractivity contribution in [1.82, 2.24) is 24.4 Å². The van der Waals surface area contributed by atoms with Crippen molar-refractivity contribution in [3.63, 3.8) is 0 Å². The Bertz CT molecular complexity index is 990. The van der Waals surface area contributed by atoms with E-state index in [1.807, 2.05) is 14.0 Å². The topological polar surface area (TPSA) is 56.9 Å². The van der Waals surface area contributed by atoms with Gasteiger partial charge in [-0.2, -0.15) is 17.7 Å². The maximum Gasteiger partial charge on any atom is 0.416 e. The summed E-state index contributed by atoms with van der Waals surface area (Å²) in [5.41, 5.74) is 0.0240. The number of hydrogen-bond donors (Lipinski definition) is 1. The van der Waals surface area contributed by atoms with E-state index in [0.717, 1.165) is 38.3 Å². The fraction of sp³-hybridized carbons (Fsp3) is 0.474. The van der Waals surface area contributed by atoms with Gasteiger partial charge in [-0.25, -0.2) is 4.98 Å². The van der Waals surface area contributed by atoms with Gasteiger partial charge in [-0.3, -0.25) is 4.90 Å². The summed E-state index contributed by atoms with van der Waals surface area (Å²) in [6.45, 7) is 5.12. The molecule has 1 fully saturated rings. The van der Waals surface area contributed by atoms with Crippen LogP contribution in [0.2, 0.25) is 0 Å². The van der Waals surface area contributed by atoms with Crippen LogP contribution in [0.25, 0.3) is 4.96 Å². The van der Waals surface area contributed by atoms with E-state index >= 15 is 0 Å². The molecule has 3 aromatic rings. The van der Waals surface area contributed by atoms with Crippen LogP contribution in [-0.4, -0.2) is 62.7 Å². The van der Waals surface area contributed by atoms with Gasteiger partial charge < -0.3 is 10.0 Å². The molecule has 0 aliphatic carbocycles. The van der Waals surface area contributed by atoms with E-state index in [0.29, 0.717) is 27.6 Å². The molecule has 0 spiro atoms. The first kappa shape index (κ1) is 20.1. The molecule has 1 saturated heterocycles. The molecular weight excluding hydrogens is 403 g/mol.